The highest BCUT2D eigenvalue weighted by atomic mass is 32.2. The summed E-state index contributed by atoms with van der Waals surface area (Å²) in [7, 11) is -3.57. The van der Waals surface area contributed by atoms with Crippen LogP contribution in [0, 0.1) is 19.8 Å². The summed E-state index contributed by atoms with van der Waals surface area (Å²) in [5.74, 6) is 0.250. The second kappa shape index (κ2) is 4.64. The van der Waals surface area contributed by atoms with Gasteiger partial charge >= 0.3 is 0 Å². The Labute approximate surface area is 107 Å². The number of nitrogens with zero attached hydrogens (tertiary/aromatic N) is 2. The van der Waals surface area contributed by atoms with Crippen LogP contribution >= 0.6 is 0 Å². The zero-order valence-electron chi connectivity index (χ0n) is 10.8. The molecule has 18 heavy (non-hydrogen) atoms. The first-order valence-electron chi connectivity index (χ1n) is 5.95. The van der Waals surface area contributed by atoms with Crippen molar-refractivity contribution in [1.29, 1.82) is 0 Å². The van der Waals surface area contributed by atoms with Crippen molar-refractivity contribution in [3.8, 4) is 0 Å². The van der Waals surface area contributed by atoms with Crippen LogP contribution in [0.5, 0.6) is 0 Å². The SMILES string of the molecule is Cc1noc(C)c1S(=O)(=O)N1CCC(O)C(C)C1. The molecule has 2 atom stereocenters. The predicted octanol–water partition coefficient (Wildman–Crippen LogP) is 0.683. The summed E-state index contributed by atoms with van der Waals surface area (Å²) in [6.45, 7) is 5.71. The van der Waals surface area contributed by atoms with E-state index in [4.69, 9.17) is 4.52 Å². The topological polar surface area (TPSA) is 83.6 Å². The van der Waals surface area contributed by atoms with Crippen molar-refractivity contribution in [2.24, 2.45) is 5.92 Å². The van der Waals surface area contributed by atoms with E-state index in [2.05, 4.69) is 5.16 Å². The van der Waals surface area contributed by atoms with Crippen LogP contribution in [-0.4, -0.2) is 42.2 Å². The summed E-state index contributed by atoms with van der Waals surface area (Å²) >= 11 is 0. The molecule has 0 radical (unpaired) electrons. The van der Waals surface area contributed by atoms with E-state index in [0.717, 1.165) is 0 Å². The van der Waals surface area contributed by atoms with Gasteiger partial charge < -0.3 is 9.63 Å². The minimum absolute atomic E-state index is 0.0611. The van der Waals surface area contributed by atoms with Crippen molar-refractivity contribution >= 4 is 10.0 Å². The monoisotopic (exact) mass is 274 g/mol. The van der Waals surface area contributed by atoms with E-state index in [0.29, 0.717) is 31.0 Å². The van der Waals surface area contributed by atoms with Crippen LogP contribution in [0.1, 0.15) is 24.8 Å². The van der Waals surface area contributed by atoms with Crippen LogP contribution in [0.3, 0.4) is 0 Å². The van der Waals surface area contributed by atoms with Gasteiger partial charge in [0.25, 0.3) is 0 Å². The molecule has 1 saturated heterocycles. The average molecular weight is 274 g/mol. The number of aryl methyl sites for hydroxylation is 2. The molecule has 0 aromatic carbocycles. The van der Waals surface area contributed by atoms with E-state index >= 15 is 0 Å². The van der Waals surface area contributed by atoms with Crippen LogP contribution in [0.15, 0.2) is 9.42 Å². The Balaban J connectivity index is 2.33. The van der Waals surface area contributed by atoms with Gasteiger partial charge in [0.2, 0.25) is 10.0 Å². The smallest absolute Gasteiger partial charge is 0.248 e. The van der Waals surface area contributed by atoms with Crippen LogP contribution in [-0.2, 0) is 10.0 Å². The summed E-state index contributed by atoms with van der Waals surface area (Å²) in [5, 5.41) is 13.3. The summed E-state index contributed by atoms with van der Waals surface area (Å²) in [4.78, 5) is 0.158. The van der Waals surface area contributed by atoms with Gasteiger partial charge in [-0.05, 0) is 26.2 Å². The Morgan fingerprint density at radius 1 is 1.44 bits per heavy atom. The van der Waals surface area contributed by atoms with E-state index in [-0.39, 0.29) is 10.8 Å². The van der Waals surface area contributed by atoms with E-state index in [9.17, 15) is 13.5 Å². The molecule has 2 unspecified atom stereocenters. The standard InChI is InChI=1S/C11H18N2O4S/c1-7-6-13(5-4-10(7)14)18(15,16)11-8(2)12-17-9(11)3/h7,10,14H,4-6H2,1-3H3. The lowest BCUT2D eigenvalue weighted by Crippen LogP contribution is -2.45. The van der Waals surface area contributed by atoms with E-state index < -0.39 is 16.1 Å². The fourth-order valence-electron chi connectivity index (χ4n) is 2.29. The van der Waals surface area contributed by atoms with E-state index in [1.807, 2.05) is 6.92 Å². The molecule has 1 aliphatic heterocycles. The van der Waals surface area contributed by atoms with Crippen molar-refractivity contribution in [2.45, 2.75) is 38.2 Å². The number of rotatable bonds is 2. The fraction of sp³-hybridized carbons (Fsp3) is 0.727. The van der Waals surface area contributed by atoms with E-state index in [1.54, 1.807) is 13.8 Å². The summed E-state index contributed by atoms with van der Waals surface area (Å²) in [6, 6.07) is 0. The van der Waals surface area contributed by atoms with Gasteiger partial charge in [0.05, 0.1) is 6.10 Å². The average Bonchev–Trinajstić information content (AvgIpc) is 2.62. The molecule has 0 aliphatic carbocycles. The number of aliphatic hydroxyl groups is 1. The van der Waals surface area contributed by atoms with Crippen molar-refractivity contribution in [2.75, 3.05) is 13.1 Å². The first kappa shape index (κ1) is 13.5. The predicted molar refractivity (Wildman–Crippen MR) is 64.5 cm³/mol. The van der Waals surface area contributed by atoms with Gasteiger partial charge in [-0.25, -0.2) is 8.42 Å². The molecule has 6 nitrogen and oxygen atoms in total. The molecule has 1 fully saturated rings. The molecule has 7 heteroatoms. The maximum Gasteiger partial charge on any atom is 0.248 e. The maximum absolute atomic E-state index is 12.5. The third kappa shape index (κ3) is 2.17. The van der Waals surface area contributed by atoms with Gasteiger partial charge in [-0.2, -0.15) is 4.31 Å². The van der Waals surface area contributed by atoms with Gasteiger partial charge in [-0.15, -0.1) is 0 Å². The number of aromatic nitrogens is 1. The minimum atomic E-state index is -3.57. The first-order valence-corrected chi connectivity index (χ1v) is 7.39. The Hall–Kier alpha value is -0.920. The molecule has 0 bridgehead atoms. The largest absolute Gasteiger partial charge is 0.393 e. The van der Waals surface area contributed by atoms with Crippen LogP contribution in [0.25, 0.3) is 0 Å². The van der Waals surface area contributed by atoms with E-state index in [1.165, 1.54) is 4.31 Å². The van der Waals surface area contributed by atoms with Crippen molar-refractivity contribution in [1.82, 2.24) is 9.46 Å². The van der Waals surface area contributed by atoms with Gasteiger partial charge in [0.15, 0.2) is 5.76 Å². The number of piperidine rings is 1. The fourth-order valence-corrected chi connectivity index (χ4v) is 4.13. The highest BCUT2D eigenvalue weighted by molar-refractivity contribution is 7.89. The lowest BCUT2D eigenvalue weighted by Gasteiger charge is -2.33. The second-order valence-electron chi connectivity index (χ2n) is 4.85. The quantitative estimate of drug-likeness (QED) is 0.857. The van der Waals surface area contributed by atoms with Gasteiger partial charge in [-0.3, -0.25) is 0 Å². The van der Waals surface area contributed by atoms with Crippen molar-refractivity contribution < 1.29 is 18.0 Å². The maximum atomic E-state index is 12.5. The molecule has 0 saturated carbocycles. The van der Waals surface area contributed by atoms with Gasteiger partial charge in [0, 0.05) is 13.1 Å². The van der Waals surface area contributed by atoms with Gasteiger partial charge in [0.1, 0.15) is 10.6 Å². The molecule has 2 rings (SSSR count). The highest BCUT2D eigenvalue weighted by Gasteiger charge is 2.35. The van der Waals surface area contributed by atoms with Crippen molar-refractivity contribution in [3.63, 3.8) is 0 Å². The number of hydrogen-bond donors (Lipinski definition) is 1. The van der Waals surface area contributed by atoms with Gasteiger partial charge in [-0.1, -0.05) is 12.1 Å². The number of sulfonamides is 1. The van der Waals surface area contributed by atoms with Crippen LogP contribution in [0.2, 0.25) is 0 Å². The molecule has 102 valence electrons. The summed E-state index contributed by atoms with van der Waals surface area (Å²) in [5.41, 5.74) is 0.381. The molecule has 0 amide bonds. The van der Waals surface area contributed by atoms with Crippen LogP contribution in [0.4, 0.5) is 0 Å². The van der Waals surface area contributed by atoms with Crippen LogP contribution < -0.4 is 0 Å². The second-order valence-corrected chi connectivity index (χ2v) is 6.72. The summed E-state index contributed by atoms with van der Waals surface area (Å²) in [6.07, 6.45) is 0.0326. The molecule has 1 aromatic heterocycles. The minimum Gasteiger partial charge on any atom is -0.393 e. The Morgan fingerprint density at radius 2 is 2.11 bits per heavy atom. The Morgan fingerprint density at radius 3 is 2.61 bits per heavy atom. The number of hydrogen-bond acceptors (Lipinski definition) is 5. The highest BCUT2D eigenvalue weighted by Crippen LogP contribution is 2.27. The molecular formula is C11H18N2O4S. The molecule has 1 aromatic rings. The first-order chi connectivity index (χ1) is 8.34. The third-order valence-corrected chi connectivity index (χ3v) is 5.50. The number of aliphatic hydroxyl groups excluding tert-OH is 1. The lowest BCUT2D eigenvalue weighted by atomic mass is 9.99. The molecular weight excluding hydrogens is 256 g/mol. The molecule has 1 N–H and O–H groups in total. The lowest BCUT2D eigenvalue weighted by molar-refractivity contribution is 0.0628. The zero-order chi connectivity index (χ0) is 13.5. The van der Waals surface area contributed by atoms with Crippen molar-refractivity contribution in [3.05, 3.63) is 11.5 Å². The third-order valence-electron chi connectivity index (χ3n) is 3.39. The molecule has 2 heterocycles. The Bertz CT molecular complexity index is 518. The molecule has 1 aliphatic rings. The summed E-state index contributed by atoms with van der Waals surface area (Å²) < 4.78 is 31.3. The zero-order valence-corrected chi connectivity index (χ0v) is 11.6. The molecule has 0 spiro atoms. The normalized spacial score (nSPS) is 26.4. The Kier molecular flexibility index (Phi) is 3.48.